The van der Waals surface area contributed by atoms with Crippen LogP contribution in [0.2, 0.25) is 0 Å². The molecule has 0 bridgehead atoms. The van der Waals surface area contributed by atoms with Gasteiger partial charge in [0.2, 0.25) is 0 Å². The number of nitrogens with zero attached hydrogens (tertiary/aromatic N) is 3. The zero-order valence-corrected chi connectivity index (χ0v) is 17.0. The third-order valence-electron chi connectivity index (χ3n) is 4.94. The Balaban J connectivity index is 1.77. The fourth-order valence-electron chi connectivity index (χ4n) is 3.32. The largest absolute Gasteiger partial charge is 0.343 e. The molecule has 0 atom stereocenters. The lowest BCUT2D eigenvalue weighted by molar-refractivity contribution is -0.143. The summed E-state index contributed by atoms with van der Waals surface area (Å²) in [5.41, 5.74) is 2.17. The summed E-state index contributed by atoms with van der Waals surface area (Å²) in [6.07, 6.45) is 1.41. The van der Waals surface area contributed by atoms with E-state index in [9.17, 15) is 19.2 Å². The highest BCUT2D eigenvalue weighted by molar-refractivity contribution is 7.09. The fourth-order valence-corrected chi connectivity index (χ4v) is 4.01. The molecular weight excluding hydrogens is 378 g/mol. The van der Waals surface area contributed by atoms with Crippen molar-refractivity contribution >= 4 is 35.0 Å². The molecule has 0 radical (unpaired) electrons. The highest BCUT2D eigenvalue weighted by atomic mass is 32.1. The summed E-state index contributed by atoms with van der Waals surface area (Å²) in [6.45, 7) is 6.13. The lowest BCUT2D eigenvalue weighted by atomic mass is 10.1. The molecule has 0 aliphatic carbocycles. The van der Waals surface area contributed by atoms with Crippen molar-refractivity contribution in [3.8, 4) is 0 Å². The van der Waals surface area contributed by atoms with Crippen molar-refractivity contribution in [1.82, 2.24) is 14.4 Å². The minimum absolute atomic E-state index is 0.194. The summed E-state index contributed by atoms with van der Waals surface area (Å²) >= 11 is 1.64. The van der Waals surface area contributed by atoms with Crippen molar-refractivity contribution in [1.29, 1.82) is 0 Å². The predicted octanol–water partition coefficient (Wildman–Crippen LogP) is 2.99. The number of rotatable bonds is 8. The molecule has 0 saturated carbocycles. The Kier molecular flexibility index (Phi) is 5.79. The number of thiophene rings is 1. The van der Waals surface area contributed by atoms with Crippen molar-refractivity contribution < 1.29 is 19.2 Å². The third-order valence-corrected chi connectivity index (χ3v) is 5.80. The van der Waals surface area contributed by atoms with Crippen LogP contribution in [0.3, 0.4) is 0 Å². The molecule has 0 unspecified atom stereocenters. The number of carbonyl (C=O) groups excluding carboxylic acids is 4. The standard InChI is InChI=1S/C20H23N3O4S/c1-4-5-8-21-18(25)19(26)23(20(21)27)12-17(24)16-10-13(2)22(14(16)3)11-15-7-6-9-28-15/h6-7,9-10H,4-5,8,11-12H2,1-3H3. The van der Waals surface area contributed by atoms with Crippen molar-refractivity contribution in [2.45, 2.75) is 40.2 Å². The summed E-state index contributed by atoms with van der Waals surface area (Å²) in [4.78, 5) is 52.3. The maximum atomic E-state index is 12.8. The van der Waals surface area contributed by atoms with Gasteiger partial charge in [0.1, 0.15) is 0 Å². The molecule has 2 aromatic rings. The number of imide groups is 2. The maximum Gasteiger partial charge on any atom is 0.334 e. The summed E-state index contributed by atoms with van der Waals surface area (Å²) in [5.74, 6) is -2.13. The number of ketones is 1. The van der Waals surface area contributed by atoms with Gasteiger partial charge in [-0.1, -0.05) is 19.4 Å². The summed E-state index contributed by atoms with van der Waals surface area (Å²) in [5, 5.41) is 2.00. The van der Waals surface area contributed by atoms with Gasteiger partial charge in [0.15, 0.2) is 5.78 Å². The van der Waals surface area contributed by atoms with E-state index < -0.39 is 24.4 Å². The first-order valence-electron chi connectivity index (χ1n) is 9.24. The zero-order valence-electron chi connectivity index (χ0n) is 16.2. The van der Waals surface area contributed by atoms with E-state index in [1.165, 1.54) is 4.88 Å². The number of Topliss-reactive ketones (excluding diaryl/α,β-unsaturated/α-hetero) is 1. The van der Waals surface area contributed by atoms with Crippen molar-refractivity contribution in [3.05, 3.63) is 45.4 Å². The summed E-state index contributed by atoms with van der Waals surface area (Å²) in [7, 11) is 0. The molecule has 3 heterocycles. The van der Waals surface area contributed by atoms with Crippen molar-refractivity contribution in [2.24, 2.45) is 0 Å². The lowest BCUT2D eigenvalue weighted by Gasteiger charge is -2.14. The second-order valence-electron chi connectivity index (χ2n) is 6.86. The molecule has 1 aliphatic heterocycles. The van der Waals surface area contributed by atoms with Gasteiger partial charge in [-0.2, -0.15) is 0 Å². The monoisotopic (exact) mass is 401 g/mol. The smallest absolute Gasteiger partial charge is 0.334 e. The quantitative estimate of drug-likeness (QED) is 0.387. The van der Waals surface area contributed by atoms with Gasteiger partial charge >= 0.3 is 17.8 Å². The molecule has 0 spiro atoms. The molecule has 148 valence electrons. The highest BCUT2D eigenvalue weighted by Gasteiger charge is 2.44. The average Bonchev–Trinajstić information content (AvgIpc) is 3.33. The molecule has 28 heavy (non-hydrogen) atoms. The predicted molar refractivity (Wildman–Crippen MR) is 105 cm³/mol. The van der Waals surface area contributed by atoms with E-state index in [-0.39, 0.29) is 12.3 Å². The van der Waals surface area contributed by atoms with E-state index in [1.807, 2.05) is 42.9 Å². The number of hydrogen-bond donors (Lipinski definition) is 0. The normalized spacial score (nSPS) is 14.5. The molecule has 3 rings (SSSR count). The number of urea groups is 1. The minimum atomic E-state index is -0.929. The van der Waals surface area contributed by atoms with Gasteiger partial charge in [-0.15, -0.1) is 11.3 Å². The number of aryl methyl sites for hydroxylation is 1. The Labute approximate surface area is 167 Å². The van der Waals surface area contributed by atoms with E-state index in [1.54, 1.807) is 17.4 Å². The molecule has 2 aromatic heterocycles. The van der Waals surface area contributed by atoms with E-state index in [0.717, 1.165) is 27.6 Å². The van der Waals surface area contributed by atoms with E-state index in [0.29, 0.717) is 18.5 Å². The molecular formula is C20H23N3O4S. The molecule has 0 aromatic carbocycles. The van der Waals surface area contributed by atoms with Gasteiger partial charge in [0, 0.05) is 28.4 Å². The fraction of sp³-hybridized carbons (Fsp3) is 0.400. The third kappa shape index (κ3) is 3.64. The van der Waals surface area contributed by atoms with Gasteiger partial charge in [-0.3, -0.25) is 19.3 Å². The first-order valence-corrected chi connectivity index (χ1v) is 10.1. The highest BCUT2D eigenvalue weighted by Crippen LogP contribution is 2.21. The van der Waals surface area contributed by atoms with Crippen LogP contribution in [0.25, 0.3) is 0 Å². The van der Waals surface area contributed by atoms with E-state index >= 15 is 0 Å². The van der Waals surface area contributed by atoms with Crippen LogP contribution in [0.1, 0.15) is 46.4 Å². The Morgan fingerprint density at radius 3 is 2.46 bits per heavy atom. The SMILES string of the molecule is CCCCN1C(=O)C(=O)N(CC(=O)c2cc(C)n(Cc3cccs3)c2C)C1=O. The molecule has 4 amide bonds. The van der Waals surface area contributed by atoms with Crippen LogP contribution in [-0.4, -0.2) is 51.1 Å². The molecule has 7 nitrogen and oxygen atoms in total. The number of unbranched alkanes of at least 4 members (excludes halogenated alkanes) is 1. The van der Waals surface area contributed by atoms with Gasteiger partial charge in [0.25, 0.3) is 0 Å². The number of carbonyl (C=O) groups is 4. The Hall–Kier alpha value is -2.74. The molecule has 1 saturated heterocycles. The maximum absolute atomic E-state index is 12.8. The molecule has 1 fully saturated rings. The van der Waals surface area contributed by atoms with E-state index in [2.05, 4.69) is 0 Å². The Morgan fingerprint density at radius 2 is 1.82 bits per heavy atom. The molecule has 1 aliphatic rings. The van der Waals surface area contributed by atoms with Crippen LogP contribution in [-0.2, 0) is 16.1 Å². The van der Waals surface area contributed by atoms with Gasteiger partial charge < -0.3 is 4.57 Å². The second kappa shape index (κ2) is 8.10. The Morgan fingerprint density at radius 1 is 1.11 bits per heavy atom. The number of hydrogen-bond acceptors (Lipinski definition) is 5. The van der Waals surface area contributed by atoms with Crippen LogP contribution in [0.15, 0.2) is 23.6 Å². The van der Waals surface area contributed by atoms with Crippen molar-refractivity contribution in [2.75, 3.05) is 13.1 Å². The first-order chi connectivity index (χ1) is 13.3. The van der Waals surface area contributed by atoms with E-state index in [4.69, 9.17) is 0 Å². The van der Waals surface area contributed by atoms with Gasteiger partial charge in [0.05, 0.1) is 13.1 Å². The van der Waals surface area contributed by atoms with Crippen LogP contribution in [0, 0.1) is 13.8 Å². The summed E-state index contributed by atoms with van der Waals surface area (Å²) in [6, 6.07) is 5.08. The minimum Gasteiger partial charge on any atom is -0.343 e. The first kappa shape index (κ1) is 20.0. The van der Waals surface area contributed by atoms with Crippen molar-refractivity contribution in [3.63, 3.8) is 0 Å². The molecule has 8 heteroatoms. The molecule has 0 N–H and O–H groups in total. The van der Waals surface area contributed by atoms with Crippen LogP contribution < -0.4 is 0 Å². The topological polar surface area (TPSA) is 79.7 Å². The van der Waals surface area contributed by atoms with Crippen LogP contribution in [0.4, 0.5) is 4.79 Å². The van der Waals surface area contributed by atoms with Crippen LogP contribution >= 0.6 is 11.3 Å². The van der Waals surface area contributed by atoms with Gasteiger partial charge in [-0.25, -0.2) is 9.69 Å². The number of amides is 4. The Bertz CT molecular complexity index is 930. The second-order valence-corrected chi connectivity index (χ2v) is 7.89. The van der Waals surface area contributed by atoms with Gasteiger partial charge in [-0.05, 0) is 37.8 Å². The zero-order chi connectivity index (χ0) is 20.4. The van der Waals surface area contributed by atoms with Crippen LogP contribution in [0.5, 0.6) is 0 Å². The summed E-state index contributed by atoms with van der Waals surface area (Å²) < 4.78 is 2.03. The average molecular weight is 401 g/mol. The number of aromatic nitrogens is 1. The lowest BCUT2D eigenvalue weighted by Crippen LogP contribution is -2.37.